The summed E-state index contributed by atoms with van der Waals surface area (Å²) in [6.45, 7) is 21.5. The number of fused-ring (bicyclic) bond motifs is 1. The predicted molar refractivity (Wildman–Crippen MR) is 103 cm³/mol. The smallest absolute Gasteiger partial charge is 0.214 e. The van der Waals surface area contributed by atoms with Crippen LogP contribution in [-0.4, -0.2) is 4.98 Å². The molecule has 3 heteroatoms. The van der Waals surface area contributed by atoms with Crippen LogP contribution in [0.4, 0.5) is 5.69 Å². The molecule has 0 saturated heterocycles. The van der Waals surface area contributed by atoms with Gasteiger partial charge >= 0.3 is 0 Å². The van der Waals surface area contributed by atoms with Crippen molar-refractivity contribution in [2.75, 3.05) is 0 Å². The maximum absolute atomic E-state index is 7.45. The van der Waals surface area contributed by atoms with Crippen molar-refractivity contribution < 1.29 is 0 Å². The Morgan fingerprint density at radius 1 is 0.958 bits per heavy atom. The molecule has 1 aromatic carbocycles. The molecule has 0 saturated carbocycles. The Hall–Kier alpha value is -1.66. The monoisotopic (exact) mass is 382 g/mol. The molecule has 1 aliphatic carbocycles. The third kappa shape index (κ3) is 2.09. The number of pyridine rings is 1. The molecule has 2 aromatic rings. The molecule has 1 aliphatic rings. The van der Waals surface area contributed by atoms with Crippen LogP contribution in [0.15, 0.2) is 34.9 Å². The lowest BCUT2D eigenvalue weighted by atomic mass is 9.59. The lowest BCUT2D eigenvalue weighted by Crippen LogP contribution is -2.42. The number of aromatic nitrogens is 1. The highest BCUT2D eigenvalue weighted by atomic mass is 79.9. The third-order valence-corrected chi connectivity index (χ3v) is 7.15. The molecule has 2 nitrogen and oxygen atoms in total. The number of hydrogen-bond acceptors (Lipinski definition) is 1. The Bertz CT molecular complexity index is 870. The van der Waals surface area contributed by atoms with Gasteiger partial charge in [-0.25, -0.2) is 4.85 Å². The van der Waals surface area contributed by atoms with Crippen LogP contribution in [0.3, 0.4) is 0 Å². The molecule has 124 valence electrons. The zero-order valence-corrected chi connectivity index (χ0v) is 16.7. The lowest BCUT2D eigenvalue weighted by Gasteiger charge is -2.44. The van der Waals surface area contributed by atoms with Crippen molar-refractivity contribution in [2.24, 2.45) is 5.41 Å². The van der Waals surface area contributed by atoms with E-state index < -0.39 is 0 Å². The van der Waals surface area contributed by atoms with Gasteiger partial charge in [-0.2, -0.15) is 0 Å². The van der Waals surface area contributed by atoms with Gasteiger partial charge in [-0.05, 0) is 39.0 Å². The first kappa shape index (κ1) is 17.2. The topological polar surface area (TPSA) is 17.2 Å². The van der Waals surface area contributed by atoms with Crippen LogP contribution in [0.1, 0.15) is 52.7 Å². The fourth-order valence-electron chi connectivity index (χ4n) is 3.94. The summed E-state index contributed by atoms with van der Waals surface area (Å²) >= 11 is 3.40. The van der Waals surface area contributed by atoms with E-state index in [1.807, 2.05) is 6.07 Å². The second-order valence-corrected chi connectivity index (χ2v) is 9.18. The van der Waals surface area contributed by atoms with Gasteiger partial charge < -0.3 is 0 Å². The van der Waals surface area contributed by atoms with E-state index in [0.29, 0.717) is 5.69 Å². The van der Waals surface area contributed by atoms with Crippen molar-refractivity contribution in [3.63, 3.8) is 0 Å². The van der Waals surface area contributed by atoms with Crippen molar-refractivity contribution in [2.45, 2.75) is 52.4 Å². The molecule has 0 atom stereocenters. The third-order valence-electron chi connectivity index (χ3n) is 6.72. The second-order valence-electron chi connectivity index (χ2n) is 8.27. The van der Waals surface area contributed by atoms with E-state index in [1.165, 1.54) is 11.1 Å². The van der Waals surface area contributed by atoms with E-state index in [2.05, 4.69) is 85.5 Å². The van der Waals surface area contributed by atoms with Crippen LogP contribution >= 0.6 is 15.9 Å². The molecule has 24 heavy (non-hydrogen) atoms. The fraction of sp³-hybridized carbons (Fsp3) is 0.429. The molecule has 0 spiro atoms. The Morgan fingerprint density at radius 2 is 1.58 bits per heavy atom. The maximum atomic E-state index is 7.45. The van der Waals surface area contributed by atoms with Gasteiger partial charge in [-0.1, -0.05) is 75.7 Å². The Morgan fingerprint density at radius 3 is 2.21 bits per heavy atom. The normalized spacial score (nSPS) is 19.6. The molecule has 0 N–H and O–H groups in total. The van der Waals surface area contributed by atoms with Crippen molar-refractivity contribution >= 4 is 21.6 Å². The predicted octanol–water partition coefficient (Wildman–Crippen LogP) is 6.66. The largest absolute Gasteiger partial charge is 0.267 e. The molecule has 1 aromatic heterocycles. The van der Waals surface area contributed by atoms with E-state index in [1.54, 1.807) is 6.20 Å². The van der Waals surface area contributed by atoms with Gasteiger partial charge in [0.25, 0.3) is 0 Å². The lowest BCUT2D eigenvalue weighted by molar-refractivity contribution is 0.125. The molecular weight excluding hydrogens is 360 g/mol. The minimum absolute atomic E-state index is 0.0511. The molecule has 1 heterocycles. The molecule has 0 unspecified atom stereocenters. The SMILES string of the molecule is [C-]#[N+]c1cc(Br)cnc1-c1ccc2c(c1)C(C)(C)C(C)(C)C2(C)C. The van der Waals surface area contributed by atoms with E-state index in [9.17, 15) is 0 Å². The van der Waals surface area contributed by atoms with Crippen LogP contribution < -0.4 is 0 Å². The Labute approximate surface area is 153 Å². The summed E-state index contributed by atoms with van der Waals surface area (Å²) in [5, 5.41) is 0. The summed E-state index contributed by atoms with van der Waals surface area (Å²) in [5.74, 6) is 0. The number of nitrogens with zero attached hydrogens (tertiary/aromatic N) is 2. The summed E-state index contributed by atoms with van der Waals surface area (Å²) in [6.07, 6.45) is 1.76. The first-order valence-electron chi connectivity index (χ1n) is 8.22. The van der Waals surface area contributed by atoms with Gasteiger partial charge in [0.05, 0.1) is 12.3 Å². The van der Waals surface area contributed by atoms with Crippen LogP contribution in [0, 0.1) is 12.0 Å². The van der Waals surface area contributed by atoms with Crippen molar-refractivity contribution in [1.29, 1.82) is 0 Å². The summed E-state index contributed by atoms with van der Waals surface area (Å²) in [6, 6.07) is 8.43. The molecular formula is C21H23BrN2. The second kappa shape index (κ2) is 5.17. The highest BCUT2D eigenvalue weighted by Gasteiger charge is 2.56. The number of halogens is 1. The van der Waals surface area contributed by atoms with Crippen molar-refractivity contribution in [3.8, 4) is 11.3 Å². The number of hydrogen-bond donors (Lipinski definition) is 0. The van der Waals surface area contributed by atoms with Gasteiger partial charge in [0.15, 0.2) is 0 Å². The Kier molecular flexibility index (Phi) is 3.70. The maximum Gasteiger partial charge on any atom is 0.214 e. The van der Waals surface area contributed by atoms with Crippen molar-refractivity contribution in [3.05, 3.63) is 57.5 Å². The van der Waals surface area contributed by atoms with Crippen LogP contribution in [-0.2, 0) is 10.8 Å². The molecule has 3 rings (SSSR count). The summed E-state index contributed by atoms with van der Waals surface area (Å²) in [7, 11) is 0. The van der Waals surface area contributed by atoms with Gasteiger partial charge in [0.1, 0.15) is 0 Å². The highest BCUT2D eigenvalue weighted by Crippen LogP contribution is 2.61. The highest BCUT2D eigenvalue weighted by molar-refractivity contribution is 9.10. The number of benzene rings is 1. The van der Waals surface area contributed by atoms with Crippen molar-refractivity contribution in [1.82, 2.24) is 4.98 Å². The van der Waals surface area contributed by atoms with Crippen LogP contribution in [0.25, 0.3) is 16.1 Å². The standard InChI is InChI=1S/C21H23BrN2/c1-19(2)15-9-8-13(10-16(15)20(3,4)21(19,5)6)18-17(23-7)11-14(22)12-24-18/h8-12H,1-6H3. The first-order valence-corrected chi connectivity index (χ1v) is 9.02. The van der Waals surface area contributed by atoms with E-state index in [-0.39, 0.29) is 16.2 Å². The molecule has 0 bridgehead atoms. The average Bonchev–Trinajstić information content (AvgIpc) is 2.63. The van der Waals surface area contributed by atoms with Gasteiger partial charge in [-0.15, -0.1) is 0 Å². The zero-order chi connectivity index (χ0) is 17.9. The van der Waals surface area contributed by atoms with E-state index in [4.69, 9.17) is 6.57 Å². The molecule has 0 amide bonds. The zero-order valence-electron chi connectivity index (χ0n) is 15.2. The van der Waals surface area contributed by atoms with Gasteiger partial charge in [0, 0.05) is 10.7 Å². The summed E-state index contributed by atoms with van der Waals surface area (Å²) in [5.41, 5.74) is 5.42. The summed E-state index contributed by atoms with van der Waals surface area (Å²) < 4.78 is 0.834. The molecule has 0 aliphatic heterocycles. The summed E-state index contributed by atoms with van der Waals surface area (Å²) in [4.78, 5) is 8.16. The van der Waals surface area contributed by atoms with Crippen LogP contribution in [0.5, 0.6) is 0 Å². The fourth-order valence-corrected chi connectivity index (χ4v) is 4.26. The van der Waals surface area contributed by atoms with E-state index in [0.717, 1.165) is 15.7 Å². The van der Waals surface area contributed by atoms with Crippen LogP contribution in [0.2, 0.25) is 0 Å². The van der Waals surface area contributed by atoms with Gasteiger partial charge in [-0.3, -0.25) is 4.98 Å². The molecule has 0 radical (unpaired) electrons. The number of rotatable bonds is 1. The average molecular weight is 383 g/mol. The quantitative estimate of drug-likeness (QED) is 0.504. The molecule has 0 fully saturated rings. The Balaban J connectivity index is 2.25. The minimum atomic E-state index is 0.0511. The first-order chi connectivity index (χ1) is 11.0. The van der Waals surface area contributed by atoms with E-state index >= 15 is 0 Å². The minimum Gasteiger partial charge on any atom is -0.267 e. The van der Waals surface area contributed by atoms with Gasteiger partial charge in [0.2, 0.25) is 5.69 Å².